The molecule has 1 N–H and O–H groups in total. The van der Waals surface area contributed by atoms with Crippen molar-refractivity contribution in [2.45, 2.75) is 71.9 Å². The third kappa shape index (κ3) is 4.81. The molecule has 0 bridgehead atoms. The minimum Gasteiger partial charge on any atom is -0.308 e. The van der Waals surface area contributed by atoms with Crippen molar-refractivity contribution < 1.29 is 0 Å². The summed E-state index contributed by atoms with van der Waals surface area (Å²) >= 11 is 0. The molecule has 0 saturated carbocycles. The lowest BCUT2D eigenvalue weighted by atomic mass is 9.96. The molecule has 0 fully saturated rings. The summed E-state index contributed by atoms with van der Waals surface area (Å²) in [4.78, 5) is 0. The van der Waals surface area contributed by atoms with E-state index in [0.29, 0.717) is 18.0 Å². The maximum Gasteiger partial charge on any atom is 0.0322 e. The molecule has 1 rings (SSSR count). The Morgan fingerprint density at radius 2 is 1.50 bits per heavy atom. The average Bonchev–Trinajstić information content (AvgIpc) is 2.34. The van der Waals surface area contributed by atoms with Crippen LogP contribution < -0.4 is 5.32 Å². The van der Waals surface area contributed by atoms with Crippen molar-refractivity contribution in [3.8, 4) is 0 Å². The molecule has 0 aromatic heterocycles. The van der Waals surface area contributed by atoms with Crippen molar-refractivity contribution in [2.75, 3.05) is 0 Å². The van der Waals surface area contributed by atoms with Crippen LogP contribution in [0, 0.1) is 0 Å². The van der Waals surface area contributed by atoms with E-state index < -0.39 is 0 Å². The molecule has 1 nitrogen and oxygen atoms in total. The maximum atomic E-state index is 3.68. The zero-order valence-electron chi connectivity index (χ0n) is 12.7. The van der Waals surface area contributed by atoms with Crippen LogP contribution in [0.5, 0.6) is 0 Å². The third-order valence-corrected chi connectivity index (χ3v) is 3.39. The molecule has 102 valence electrons. The largest absolute Gasteiger partial charge is 0.308 e. The van der Waals surface area contributed by atoms with Gasteiger partial charge < -0.3 is 5.32 Å². The van der Waals surface area contributed by atoms with Gasteiger partial charge in [0.25, 0.3) is 0 Å². The van der Waals surface area contributed by atoms with Gasteiger partial charge in [-0.15, -0.1) is 0 Å². The fourth-order valence-corrected chi connectivity index (χ4v) is 2.27. The second kappa shape index (κ2) is 7.58. The molecule has 0 amide bonds. The number of unbranched alkanes of at least 4 members (excludes halogenated alkanes) is 1. The van der Waals surface area contributed by atoms with Gasteiger partial charge in [0.2, 0.25) is 0 Å². The molecule has 1 aromatic rings. The van der Waals surface area contributed by atoms with Gasteiger partial charge in [0.15, 0.2) is 0 Å². The molecule has 0 heterocycles. The van der Waals surface area contributed by atoms with Crippen molar-refractivity contribution in [2.24, 2.45) is 0 Å². The first-order chi connectivity index (χ1) is 8.54. The Morgan fingerprint density at radius 3 is 1.94 bits per heavy atom. The highest BCUT2D eigenvalue weighted by molar-refractivity contribution is 5.27. The zero-order valence-corrected chi connectivity index (χ0v) is 12.7. The quantitative estimate of drug-likeness (QED) is 0.712. The topological polar surface area (TPSA) is 12.0 Å². The molecular formula is C17H29N. The summed E-state index contributed by atoms with van der Waals surface area (Å²) in [5.74, 6) is 0.617. The van der Waals surface area contributed by atoms with E-state index >= 15 is 0 Å². The Morgan fingerprint density at radius 1 is 0.944 bits per heavy atom. The normalized spacial score (nSPS) is 13.3. The Labute approximate surface area is 113 Å². The first-order valence-corrected chi connectivity index (χ1v) is 7.40. The molecule has 18 heavy (non-hydrogen) atoms. The van der Waals surface area contributed by atoms with E-state index in [2.05, 4.69) is 64.2 Å². The summed E-state index contributed by atoms with van der Waals surface area (Å²) in [6.07, 6.45) is 3.78. The zero-order chi connectivity index (χ0) is 13.5. The van der Waals surface area contributed by atoms with Gasteiger partial charge in [-0.3, -0.25) is 0 Å². The van der Waals surface area contributed by atoms with E-state index in [1.165, 1.54) is 30.4 Å². The predicted octanol–water partition coefficient (Wildman–Crippen LogP) is 5.04. The summed E-state index contributed by atoms with van der Waals surface area (Å²) in [5, 5.41) is 3.68. The summed E-state index contributed by atoms with van der Waals surface area (Å²) < 4.78 is 0. The number of hydrogen-bond acceptors (Lipinski definition) is 1. The molecule has 0 aliphatic carbocycles. The molecule has 1 heteroatoms. The van der Waals surface area contributed by atoms with E-state index in [9.17, 15) is 0 Å². The van der Waals surface area contributed by atoms with Gasteiger partial charge in [-0.2, -0.15) is 0 Å². The van der Waals surface area contributed by atoms with E-state index in [1.54, 1.807) is 0 Å². The third-order valence-electron chi connectivity index (χ3n) is 3.39. The summed E-state index contributed by atoms with van der Waals surface area (Å²) in [7, 11) is 0. The van der Waals surface area contributed by atoms with Crippen LogP contribution in [0.1, 0.15) is 77.0 Å². The SMILES string of the molecule is CCCCC(NC(C)C)c1ccc(C(C)C)cc1. The highest BCUT2D eigenvalue weighted by atomic mass is 14.9. The van der Waals surface area contributed by atoms with Gasteiger partial charge in [-0.05, 0) is 23.5 Å². The summed E-state index contributed by atoms with van der Waals surface area (Å²) in [6, 6.07) is 10.2. The average molecular weight is 247 g/mol. The van der Waals surface area contributed by atoms with Crippen LogP contribution in [-0.4, -0.2) is 6.04 Å². The second-order valence-electron chi connectivity index (χ2n) is 5.84. The van der Waals surface area contributed by atoms with Crippen LogP contribution in [-0.2, 0) is 0 Å². The minimum absolute atomic E-state index is 0.506. The standard InChI is InChI=1S/C17H29N/c1-6-7-8-17(18-14(4)5)16-11-9-15(10-12-16)13(2)3/h9-14,17-18H,6-8H2,1-5H3. The number of rotatable bonds is 7. The van der Waals surface area contributed by atoms with Gasteiger partial charge in [0.05, 0.1) is 0 Å². The smallest absolute Gasteiger partial charge is 0.0322 e. The fraction of sp³-hybridized carbons (Fsp3) is 0.647. The lowest BCUT2D eigenvalue weighted by molar-refractivity contribution is 0.440. The van der Waals surface area contributed by atoms with E-state index in [-0.39, 0.29) is 0 Å². The van der Waals surface area contributed by atoms with Gasteiger partial charge in [-0.1, -0.05) is 71.7 Å². The molecule has 0 spiro atoms. The van der Waals surface area contributed by atoms with E-state index in [4.69, 9.17) is 0 Å². The van der Waals surface area contributed by atoms with Crippen LogP contribution in [0.25, 0.3) is 0 Å². The Hall–Kier alpha value is -0.820. The number of benzene rings is 1. The van der Waals surface area contributed by atoms with Crippen LogP contribution >= 0.6 is 0 Å². The molecule has 0 radical (unpaired) electrons. The van der Waals surface area contributed by atoms with Crippen molar-refractivity contribution in [1.29, 1.82) is 0 Å². The first-order valence-electron chi connectivity index (χ1n) is 7.40. The molecule has 1 aromatic carbocycles. The van der Waals surface area contributed by atoms with Crippen molar-refractivity contribution in [1.82, 2.24) is 5.32 Å². The molecule has 1 unspecified atom stereocenters. The molecular weight excluding hydrogens is 218 g/mol. The summed E-state index contributed by atoms with van der Waals surface area (Å²) in [6.45, 7) is 11.2. The first kappa shape index (κ1) is 15.2. The maximum absolute atomic E-state index is 3.68. The minimum atomic E-state index is 0.506. The van der Waals surface area contributed by atoms with Crippen molar-refractivity contribution in [3.63, 3.8) is 0 Å². The Balaban J connectivity index is 2.77. The molecule has 0 aliphatic rings. The monoisotopic (exact) mass is 247 g/mol. The molecule has 0 aliphatic heterocycles. The highest BCUT2D eigenvalue weighted by Crippen LogP contribution is 2.23. The summed E-state index contributed by atoms with van der Waals surface area (Å²) in [5.41, 5.74) is 2.86. The predicted molar refractivity (Wildman–Crippen MR) is 81.1 cm³/mol. The lowest BCUT2D eigenvalue weighted by Gasteiger charge is -2.22. The lowest BCUT2D eigenvalue weighted by Crippen LogP contribution is -2.28. The Kier molecular flexibility index (Phi) is 6.42. The number of hydrogen-bond donors (Lipinski definition) is 1. The van der Waals surface area contributed by atoms with Gasteiger partial charge in [0.1, 0.15) is 0 Å². The number of nitrogens with one attached hydrogen (secondary N) is 1. The van der Waals surface area contributed by atoms with Crippen molar-refractivity contribution >= 4 is 0 Å². The van der Waals surface area contributed by atoms with Crippen LogP contribution in [0.3, 0.4) is 0 Å². The van der Waals surface area contributed by atoms with Crippen LogP contribution in [0.4, 0.5) is 0 Å². The Bertz CT molecular complexity index is 324. The van der Waals surface area contributed by atoms with Gasteiger partial charge >= 0.3 is 0 Å². The van der Waals surface area contributed by atoms with E-state index in [0.717, 1.165) is 0 Å². The highest BCUT2D eigenvalue weighted by Gasteiger charge is 2.12. The van der Waals surface area contributed by atoms with Gasteiger partial charge in [0, 0.05) is 12.1 Å². The molecule has 1 atom stereocenters. The second-order valence-corrected chi connectivity index (χ2v) is 5.84. The van der Waals surface area contributed by atoms with Crippen LogP contribution in [0.2, 0.25) is 0 Å². The van der Waals surface area contributed by atoms with Gasteiger partial charge in [-0.25, -0.2) is 0 Å². The molecule has 0 saturated heterocycles. The van der Waals surface area contributed by atoms with E-state index in [1.807, 2.05) is 0 Å². The van der Waals surface area contributed by atoms with Crippen molar-refractivity contribution in [3.05, 3.63) is 35.4 Å². The van der Waals surface area contributed by atoms with Crippen LogP contribution in [0.15, 0.2) is 24.3 Å². The fourth-order valence-electron chi connectivity index (χ4n) is 2.27.